The molecule has 6 heteroatoms. The van der Waals surface area contributed by atoms with Crippen LogP contribution in [-0.4, -0.2) is 87.2 Å². The highest BCUT2D eigenvalue weighted by Gasteiger charge is 2.17. The number of hydrogen-bond donors (Lipinski definition) is 0. The second-order valence-corrected chi connectivity index (χ2v) is 6.75. The second-order valence-electron chi connectivity index (χ2n) is 6.75. The van der Waals surface area contributed by atoms with Crippen molar-refractivity contribution in [3.63, 3.8) is 0 Å². The third kappa shape index (κ3) is 5.88. The lowest BCUT2D eigenvalue weighted by atomic mass is 10.1. The van der Waals surface area contributed by atoms with E-state index >= 15 is 0 Å². The lowest BCUT2D eigenvalue weighted by Crippen LogP contribution is -2.45. The Bertz CT molecular complexity index is 571. The fourth-order valence-electron chi connectivity index (χ4n) is 3.11. The van der Waals surface area contributed by atoms with Gasteiger partial charge in [0.05, 0.1) is 13.2 Å². The molecule has 6 nitrogen and oxygen atoms in total. The molecular weight excluding hydrogens is 330 g/mol. The number of piperazine rings is 1. The summed E-state index contributed by atoms with van der Waals surface area (Å²) in [6.07, 6.45) is 0.987. The number of ether oxygens (including phenoxy) is 2. The van der Waals surface area contributed by atoms with Crippen molar-refractivity contribution in [2.24, 2.45) is 0 Å². The van der Waals surface area contributed by atoms with Crippen molar-refractivity contribution in [1.29, 1.82) is 0 Å². The minimum atomic E-state index is 0.0207. The van der Waals surface area contributed by atoms with Crippen molar-refractivity contribution in [1.82, 2.24) is 14.7 Å². The van der Waals surface area contributed by atoms with E-state index in [1.54, 1.807) is 11.0 Å². The van der Waals surface area contributed by atoms with Crippen LogP contribution in [0.1, 0.15) is 30.6 Å². The number of amides is 1. The summed E-state index contributed by atoms with van der Waals surface area (Å²) >= 11 is 0. The average molecular weight is 364 g/mol. The summed E-state index contributed by atoms with van der Waals surface area (Å²) in [5.74, 6) is 1.34. The van der Waals surface area contributed by atoms with E-state index in [-0.39, 0.29) is 5.91 Å². The van der Waals surface area contributed by atoms with Gasteiger partial charge in [-0.2, -0.15) is 0 Å². The molecule has 0 spiro atoms. The lowest BCUT2D eigenvalue weighted by molar-refractivity contribution is 0.0782. The number of nitrogens with zero attached hydrogens (tertiary/aromatic N) is 3. The summed E-state index contributed by atoms with van der Waals surface area (Å²) in [6.45, 7) is 11.2. The molecule has 0 N–H and O–H groups in total. The topological polar surface area (TPSA) is 45.2 Å². The molecule has 1 amide bonds. The van der Waals surface area contributed by atoms with Gasteiger partial charge in [0.1, 0.15) is 0 Å². The number of hydrogen-bond acceptors (Lipinski definition) is 5. The van der Waals surface area contributed by atoms with Crippen molar-refractivity contribution in [2.45, 2.75) is 20.3 Å². The normalized spacial score (nSPS) is 15.7. The van der Waals surface area contributed by atoms with Gasteiger partial charge in [0.25, 0.3) is 5.91 Å². The molecule has 0 radical (unpaired) electrons. The predicted molar refractivity (Wildman–Crippen MR) is 104 cm³/mol. The Morgan fingerprint density at radius 2 is 1.73 bits per heavy atom. The van der Waals surface area contributed by atoms with Crippen molar-refractivity contribution >= 4 is 5.91 Å². The molecule has 26 heavy (non-hydrogen) atoms. The third-order valence-electron chi connectivity index (χ3n) is 4.70. The number of benzene rings is 1. The highest BCUT2D eigenvalue weighted by Crippen LogP contribution is 2.29. The van der Waals surface area contributed by atoms with Gasteiger partial charge in [-0.25, -0.2) is 0 Å². The first-order chi connectivity index (χ1) is 12.5. The Morgan fingerprint density at radius 1 is 1.08 bits per heavy atom. The van der Waals surface area contributed by atoms with E-state index in [9.17, 15) is 4.79 Å². The van der Waals surface area contributed by atoms with Gasteiger partial charge >= 0.3 is 0 Å². The summed E-state index contributed by atoms with van der Waals surface area (Å²) in [4.78, 5) is 19.3. The summed E-state index contributed by atoms with van der Waals surface area (Å²) < 4.78 is 11.2. The van der Waals surface area contributed by atoms with Crippen molar-refractivity contribution in [2.75, 3.05) is 66.6 Å². The van der Waals surface area contributed by atoms with Gasteiger partial charge in [0.2, 0.25) is 0 Å². The molecule has 2 rings (SSSR count). The molecule has 1 heterocycles. The predicted octanol–water partition coefficient (Wildman–Crippen LogP) is 2.19. The summed E-state index contributed by atoms with van der Waals surface area (Å²) in [6, 6.07) is 5.42. The van der Waals surface area contributed by atoms with Crippen LogP contribution in [0.4, 0.5) is 0 Å². The van der Waals surface area contributed by atoms with E-state index in [0.29, 0.717) is 30.3 Å². The van der Waals surface area contributed by atoms with Crippen LogP contribution in [0.2, 0.25) is 0 Å². The molecule has 0 aromatic heterocycles. The van der Waals surface area contributed by atoms with Crippen LogP contribution in [0.3, 0.4) is 0 Å². The molecule has 1 fully saturated rings. The monoisotopic (exact) mass is 363 g/mol. The summed E-state index contributed by atoms with van der Waals surface area (Å²) in [5.41, 5.74) is 0.638. The number of carbonyl (C=O) groups is 1. The van der Waals surface area contributed by atoms with E-state index in [0.717, 1.165) is 45.7 Å². The van der Waals surface area contributed by atoms with Crippen LogP contribution in [0.15, 0.2) is 18.2 Å². The van der Waals surface area contributed by atoms with Crippen LogP contribution < -0.4 is 9.47 Å². The first-order valence-corrected chi connectivity index (χ1v) is 9.61. The van der Waals surface area contributed by atoms with Crippen LogP contribution in [0.25, 0.3) is 0 Å². The molecule has 1 aliphatic rings. The highest BCUT2D eigenvalue weighted by molar-refractivity contribution is 5.94. The largest absolute Gasteiger partial charge is 0.490 e. The van der Waals surface area contributed by atoms with E-state index in [1.165, 1.54) is 0 Å². The van der Waals surface area contributed by atoms with Crippen molar-refractivity contribution in [3.05, 3.63) is 23.8 Å². The van der Waals surface area contributed by atoms with Gasteiger partial charge in [-0.15, -0.1) is 0 Å². The van der Waals surface area contributed by atoms with E-state index in [2.05, 4.69) is 16.8 Å². The summed E-state index contributed by atoms with van der Waals surface area (Å²) in [7, 11) is 4.03. The van der Waals surface area contributed by atoms with Gasteiger partial charge in [-0.3, -0.25) is 4.79 Å². The maximum atomic E-state index is 12.7. The van der Waals surface area contributed by atoms with Crippen molar-refractivity contribution in [3.8, 4) is 11.5 Å². The minimum absolute atomic E-state index is 0.0207. The molecule has 1 aliphatic heterocycles. The van der Waals surface area contributed by atoms with E-state index in [1.807, 2.05) is 33.0 Å². The molecule has 1 aromatic rings. The Balaban J connectivity index is 1.87. The standard InChI is InChI=1S/C20H33N3O3/c1-5-25-18-9-8-17(16-19(18)26-6-2)20(24)22(4)10-7-11-23-14-12-21(3)13-15-23/h8-9,16H,5-7,10-15H2,1-4H3. The summed E-state index contributed by atoms with van der Waals surface area (Å²) in [5, 5.41) is 0. The SMILES string of the molecule is CCOc1ccc(C(=O)N(C)CCCN2CCN(C)CC2)cc1OCC. The second kappa shape index (κ2) is 10.4. The molecule has 0 bridgehead atoms. The minimum Gasteiger partial charge on any atom is -0.490 e. The molecule has 1 saturated heterocycles. The molecule has 0 aliphatic carbocycles. The molecule has 146 valence electrons. The average Bonchev–Trinajstić information content (AvgIpc) is 2.64. The first-order valence-electron chi connectivity index (χ1n) is 9.61. The van der Waals surface area contributed by atoms with Crippen molar-refractivity contribution < 1.29 is 14.3 Å². The van der Waals surface area contributed by atoms with E-state index < -0.39 is 0 Å². The number of likely N-dealkylation sites (N-methyl/N-ethyl adjacent to an activating group) is 1. The maximum Gasteiger partial charge on any atom is 0.253 e. The first kappa shape index (κ1) is 20.5. The number of rotatable bonds is 9. The van der Waals surface area contributed by atoms with Gasteiger partial charge in [-0.05, 0) is 52.1 Å². The van der Waals surface area contributed by atoms with Gasteiger partial charge in [0.15, 0.2) is 11.5 Å². The van der Waals surface area contributed by atoms with Crippen LogP contribution in [-0.2, 0) is 0 Å². The lowest BCUT2D eigenvalue weighted by Gasteiger charge is -2.32. The zero-order valence-corrected chi connectivity index (χ0v) is 16.7. The molecule has 0 unspecified atom stereocenters. The van der Waals surface area contributed by atoms with E-state index in [4.69, 9.17) is 9.47 Å². The molecule has 0 saturated carbocycles. The van der Waals surface area contributed by atoms with Gasteiger partial charge in [0, 0.05) is 45.3 Å². The Morgan fingerprint density at radius 3 is 2.38 bits per heavy atom. The maximum absolute atomic E-state index is 12.7. The molecule has 1 aromatic carbocycles. The smallest absolute Gasteiger partial charge is 0.253 e. The zero-order chi connectivity index (χ0) is 18.9. The number of carbonyl (C=O) groups excluding carboxylic acids is 1. The Hall–Kier alpha value is -1.79. The fraction of sp³-hybridized carbons (Fsp3) is 0.650. The molecule has 0 atom stereocenters. The Labute approximate surface area is 157 Å². The molecular formula is C20H33N3O3. The highest BCUT2D eigenvalue weighted by atomic mass is 16.5. The van der Waals surface area contributed by atoms with Crippen LogP contribution in [0.5, 0.6) is 11.5 Å². The quantitative estimate of drug-likeness (QED) is 0.673. The van der Waals surface area contributed by atoms with Gasteiger partial charge in [-0.1, -0.05) is 0 Å². The van der Waals surface area contributed by atoms with Crippen LogP contribution >= 0.6 is 0 Å². The van der Waals surface area contributed by atoms with Crippen LogP contribution in [0, 0.1) is 0 Å². The zero-order valence-electron chi connectivity index (χ0n) is 16.7. The van der Waals surface area contributed by atoms with Gasteiger partial charge < -0.3 is 24.2 Å². The fourth-order valence-corrected chi connectivity index (χ4v) is 3.11. The third-order valence-corrected chi connectivity index (χ3v) is 4.70. The Kier molecular flexibility index (Phi) is 8.19.